The quantitative estimate of drug-likeness (QED) is 0.617. The topological polar surface area (TPSA) is 0 Å². The first-order chi connectivity index (χ1) is 5.04. The van der Waals surface area contributed by atoms with Gasteiger partial charge >= 0.3 is 0 Å². The molecule has 0 aromatic carbocycles. The largest absolute Gasteiger partial charge is 0.146 e. The zero-order valence-electron chi connectivity index (χ0n) is 7.35. The highest BCUT2D eigenvalue weighted by molar-refractivity contribution is 7.27. The summed E-state index contributed by atoms with van der Waals surface area (Å²) in [5, 5.41) is 0. The smallest absolute Gasteiger partial charge is 0.0904 e. The molecule has 60 valence electrons. The van der Waals surface area contributed by atoms with Gasteiger partial charge in [-0.05, 0) is 10.6 Å². The molecule has 1 heterocycles. The molecule has 0 unspecified atom stereocenters. The Morgan fingerprint density at radius 2 is 2.00 bits per heavy atom. The summed E-state index contributed by atoms with van der Waals surface area (Å²) in [6, 6.07) is 4.40. The van der Waals surface area contributed by atoms with E-state index in [-0.39, 0.29) is 0 Å². The molecule has 0 fully saturated rings. The molecule has 1 aromatic heterocycles. The van der Waals surface area contributed by atoms with E-state index in [0.29, 0.717) is 0 Å². The van der Waals surface area contributed by atoms with Gasteiger partial charge in [0.25, 0.3) is 0 Å². The average Bonchev–Trinajstić information content (AvgIpc) is 2.32. The summed E-state index contributed by atoms with van der Waals surface area (Å²) in [6.07, 6.45) is 1.92. The monoisotopic (exact) mass is 182 g/mol. The van der Waals surface area contributed by atoms with Crippen molar-refractivity contribution in [2.45, 2.75) is 19.6 Å². The van der Waals surface area contributed by atoms with Crippen LogP contribution in [0.25, 0.3) is 6.08 Å². The van der Waals surface area contributed by atoms with Crippen LogP contribution in [0, 0.1) is 0 Å². The Hall–Kier alpha value is -0.343. The molecule has 0 aliphatic heterocycles. The van der Waals surface area contributed by atoms with E-state index < -0.39 is 8.07 Å². The van der Waals surface area contributed by atoms with Crippen molar-refractivity contribution in [1.82, 2.24) is 0 Å². The first kappa shape index (κ1) is 8.75. The fourth-order valence-corrected chi connectivity index (χ4v) is 3.64. The Labute approximate surface area is 73.6 Å². The summed E-state index contributed by atoms with van der Waals surface area (Å²) < 4.78 is 1.56. The molecule has 0 bridgehead atoms. The lowest BCUT2D eigenvalue weighted by Gasteiger charge is -2.11. The van der Waals surface area contributed by atoms with Gasteiger partial charge in [-0.15, -0.1) is 11.3 Å². The highest BCUT2D eigenvalue weighted by Gasteiger charge is 2.17. The maximum Gasteiger partial charge on any atom is 0.0904 e. The third kappa shape index (κ3) is 2.04. The number of rotatable bonds is 2. The first-order valence-electron chi connectivity index (χ1n) is 3.77. The average molecular weight is 182 g/mol. The summed E-state index contributed by atoms with van der Waals surface area (Å²) in [5.41, 5.74) is 0. The van der Waals surface area contributed by atoms with Crippen LogP contribution in [0.2, 0.25) is 19.6 Å². The Balaban J connectivity index is 2.98. The summed E-state index contributed by atoms with van der Waals surface area (Å²) in [7, 11) is -1.06. The Kier molecular flexibility index (Phi) is 2.35. The van der Waals surface area contributed by atoms with Gasteiger partial charge in [-0.2, -0.15) is 0 Å². The molecule has 0 saturated heterocycles. The van der Waals surface area contributed by atoms with E-state index >= 15 is 0 Å². The molecule has 1 aromatic rings. The Morgan fingerprint density at radius 3 is 2.27 bits per heavy atom. The first-order valence-corrected chi connectivity index (χ1v) is 8.08. The van der Waals surface area contributed by atoms with E-state index in [1.165, 1.54) is 4.88 Å². The fourth-order valence-electron chi connectivity index (χ4n) is 0.866. The van der Waals surface area contributed by atoms with Crippen molar-refractivity contribution in [1.29, 1.82) is 0 Å². The van der Waals surface area contributed by atoms with E-state index in [9.17, 15) is 0 Å². The second-order valence-corrected chi connectivity index (χ2v) is 10.2. The van der Waals surface area contributed by atoms with Crippen LogP contribution in [0.4, 0.5) is 0 Å². The minimum atomic E-state index is -1.06. The number of hydrogen-bond donors (Lipinski definition) is 0. The van der Waals surface area contributed by atoms with Gasteiger partial charge in [-0.1, -0.05) is 38.4 Å². The predicted octanol–water partition coefficient (Wildman–Crippen LogP) is 2.94. The molecule has 0 nitrogen and oxygen atoms in total. The Bertz CT molecular complexity index is 255. The van der Waals surface area contributed by atoms with Gasteiger partial charge < -0.3 is 0 Å². The fraction of sp³-hybridized carbons (Fsp3) is 0.333. The zero-order valence-corrected chi connectivity index (χ0v) is 9.16. The van der Waals surface area contributed by atoms with Gasteiger partial charge in [0, 0.05) is 4.88 Å². The van der Waals surface area contributed by atoms with Gasteiger partial charge in [0.2, 0.25) is 0 Å². The van der Waals surface area contributed by atoms with Crippen molar-refractivity contribution < 1.29 is 0 Å². The van der Waals surface area contributed by atoms with Gasteiger partial charge in [0.1, 0.15) is 0 Å². The molecular weight excluding hydrogens is 168 g/mol. The van der Waals surface area contributed by atoms with E-state index in [4.69, 9.17) is 0 Å². The molecule has 2 heteroatoms. The summed E-state index contributed by atoms with van der Waals surface area (Å²) in [5.74, 6) is 0. The van der Waals surface area contributed by atoms with Crippen LogP contribution in [0.1, 0.15) is 4.88 Å². The van der Waals surface area contributed by atoms with Gasteiger partial charge in [-0.25, -0.2) is 0 Å². The molecule has 0 atom stereocenters. The minimum absolute atomic E-state index is 1.06. The van der Waals surface area contributed by atoms with Crippen LogP contribution in [0.15, 0.2) is 18.7 Å². The van der Waals surface area contributed by atoms with Crippen molar-refractivity contribution in [3.8, 4) is 0 Å². The van der Waals surface area contributed by atoms with E-state index in [1.807, 2.05) is 17.4 Å². The Morgan fingerprint density at radius 1 is 1.36 bits per heavy atom. The third-order valence-electron chi connectivity index (χ3n) is 1.57. The molecule has 0 aliphatic rings. The van der Waals surface area contributed by atoms with Gasteiger partial charge in [0.05, 0.1) is 8.07 Å². The molecule has 0 saturated carbocycles. The molecule has 0 amide bonds. The lowest BCUT2D eigenvalue weighted by Crippen LogP contribution is -2.34. The van der Waals surface area contributed by atoms with Gasteiger partial charge in [0.15, 0.2) is 0 Å². The van der Waals surface area contributed by atoms with Crippen molar-refractivity contribution in [2.75, 3.05) is 0 Å². The third-order valence-corrected chi connectivity index (χ3v) is 6.25. The molecular formula is C9H14SSi. The minimum Gasteiger partial charge on any atom is -0.146 e. The van der Waals surface area contributed by atoms with Crippen LogP contribution in [0.5, 0.6) is 0 Å². The van der Waals surface area contributed by atoms with Crippen molar-refractivity contribution in [2.24, 2.45) is 0 Å². The van der Waals surface area contributed by atoms with Crippen LogP contribution in [-0.2, 0) is 0 Å². The highest BCUT2D eigenvalue weighted by atomic mass is 32.1. The van der Waals surface area contributed by atoms with Gasteiger partial charge in [-0.3, -0.25) is 0 Å². The molecule has 11 heavy (non-hydrogen) atoms. The molecule has 0 aliphatic carbocycles. The van der Waals surface area contributed by atoms with Crippen LogP contribution >= 0.6 is 11.3 Å². The van der Waals surface area contributed by atoms with Crippen LogP contribution in [-0.4, -0.2) is 8.07 Å². The van der Waals surface area contributed by atoms with Crippen molar-refractivity contribution in [3.63, 3.8) is 0 Å². The molecule has 0 spiro atoms. The lowest BCUT2D eigenvalue weighted by molar-refractivity contribution is 1.79. The number of hydrogen-bond acceptors (Lipinski definition) is 1. The van der Waals surface area contributed by atoms with E-state index in [1.54, 1.807) is 4.50 Å². The standard InChI is InChI=1S/C9H14SSi/c1-5-8-6-7-9(10-8)11(2,3)4/h5-7H,1H2,2-4H3. The van der Waals surface area contributed by atoms with Crippen LogP contribution in [0.3, 0.4) is 0 Å². The predicted molar refractivity (Wildman–Crippen MR) is 57.4 cm³/mol. The maximum atomic E-state index is 3.75. The summed E-state index contributed by atoms with van der Waals surface area (Å²) in [4.78, 5) is 1.29. The van der Waals surface area contributed by atoms with Crippen molar-refractivity contribution >= 4 is 30.0 Å². The highest BCUT2D eigenvalue weighted by Crippen LogP contribution is 2.13. The molecule has 1 rings (SSSR count). The second-order valence-electron chi connectivity index (χ2n) is 3.66. The lowest BCUT2D eigenvalue weighted by atomic mass is 10.5. The molecule has 0 radical (unpaired) electrons. The maximum absolute atomic E-state index is 3.75. The van der Waals surface area contributed by atoms with E-state index in [0.717, 1.165) is 0 Å². The van der Waals surface area contributed by atoms with Crippen molar-refractivity contribution in [3.05, 3.63) is 23.6 Å². The number of thiophene rings is 1. The normalized spacial score (nSPS) is 11.5. The second kappa shape index (κ2) is 2.95. The van der Waals surface area contributed by atoms with E-state index in [2.05, 4.69) is 38.4 Å². The summed E-state index contributed by atoms with van der Waals surface area (Å²) in [6.45, 7) is 10.9. The SMILES string of the molecule is C=Cc1ccc([Si](C)(C)C)s1. The van der Waals surface area contributed by atoms with Crippen LogP contribution < -0.4 is 4.50 Å². The molecule has 0 N–H and O–H groups in total. The zero-order chi connectivity index (χ0) is 8.48. The summed E-state index contributed by atoms with van der Waals surface area (Å²) >= 11 is 1.88.